The summed E-state index contributed by atoms with van der Waals surface area (Å²) < 4.78 is 0. The molecule has 0 saturated heterocycles. The highest BCUT2D eigenvalue weighted by Crippen LogP contribution is 2.22. The van der Waals surface area contributed by atoms with Crippen molar-refractivity contribution in [2.75, 3.05) is 6.16 Å². The van der Waals surface area contributed by atoms with Gasteiger partial charge in [-0.3, -0.25) is 0 Å². The Kier molecular flexibility index (Phi) is 10.0. The van der Waals surface area contributed by atoms with Gasteiger partial charge in [0.2, 0.25) is 0 Å². The minimum Gasteiger partial charge on any atom is -0.0901 e. The summed E-state index contributed by atoms with van der Waals surface area (Å²) >= 11 is 0. The molecule has 1 heteroatoms. The average Bonchev–Trinajstić information content (AvgIpc) is 2.48. The Labute approximate surface area is 128 Å². The largest absolute Gasteiger partial charge is 0.0901 e. The van der Waals surface area contributed by atoms with Crippen molar-refractivity contribution < 1.29 is 0 Å². The van der Waals surface area contributed by atoms with Gasteiger partial charge in [-0.05, 0) is 54.7 Å². The van der Waals surface area contributed by atoms with E-state index in [1.165, 1.54) is 63.9 Å². The zero-order chi connectivity index (χ0) is 14.6. The van der Waals surface area contributed by atoms with E-state index in [9.17, 15) is 0 Å². The molecule has 0 bridgehead atoms. The van der Waals surface area contributed by atoms with Crippen LogP contribution < -0.4 is 5.30 Å². The molecule has 0 heterocycles. The lowest BCUT2D eigenvalue weighted by molar-refractivity contribution is 0.760. The number of hydrogen-bond donors (Lipinski definition) is 0. The van der Waals surface area contributed by atoms with Gasteiger partial charge in [0.25, 0.3) is 0 Å². The number of benzene rings is 1. The minimum atomic E-state index is 1.03. The highest BCUT2D eigenvalue weighted by atomic mass is 31.1. The zero-order valence-electron chi connectivity index (χ0n) is 13.8. The fourth-order valence-electron chi connectivity index (χ4n) is 2.65. The van der Waals surface area contributed by atoms with Gasteiger partial charge in [0.05, 0.1) is 0 Å². The zero-order valence-corrected chi connectivity index (χ0v) is 14.8. The van der Waals surface area contributed by atoms with E-state index in [1.54, 1.807) is 16.4 Å². The fourth-order valence-corrected chi connectivity index (χ4v) is 4.06. The van der Waals surface area contributed by atoms with Crippen LogP contribution in [-0.4, -0.2) is 6.16 Å². The van der Waals surface area contributed by atoms with Crippen LogP contribution in [0.4, 0.5) is 0 Å². The van der Waals surface area contributed by atoms with Gasteiger partial charge in [0, 0.05) is 0 Å². The summed E-state index contributed by atoms with van der Waals surface area (Å²) in [7, 11) is 1.03. The van der Waals surface area contributed by atoms with Gasteiger partial charge in [-0.15, -0.1) is 0 Å². The molecule has 1 rings (SSSR count). The van der Waals surface area contributed by atoms with Crippen molar-refractivity contribution in [3.05, 3.63) is 29.3 Å². The Morgan fingerprint density at radius 3 is 2.20 bits per heavy atom. The van der Waals surface area contributed by atoms with Crippen LogP contribution in [0.5, 0.6) is 0 Å². The van der Waals surface area contributed by atoms with Gasteiger partial charge < -0.3 is 0 Å². The topological polar surface area (TPSA) is 0 Å². The van der Waals surface area contributed by atoms with Crippen LogP contribution in [0.3, 0.4) is 0 Å². The molecule has 20 heavy (non-hydrogen) atoms. The molecule has 0 aliphatic carbocycles. The molecule has 0 saturated carbocycles. The molecule has 0 aliphatic rings. The molecular formula is C19H33P. The quantitative estimate of drug-likeness (QED) is 0.353. The first-order valence-corrected chi connectivity index (χ1v) is 9.88. The van der Waals surface area contributed by atoms with E-state index in [2.05, 4.69) is 39.0 Å². The van der Waals surface area contributed by atoms with Gasteiger partial charge in [0.1, 0.15) is 0 Å². The lowest BCUT2D eigenvalue weighted by Crippen LogP contribution is -2.09. The fraction of sp³-hybridized carbons (Fsp3) is 0.684. The molecule has 0 N–H and O–H groups in total. The second kappa shape index (κ2) is 11.3. The summed E-state index contributed by atoms with van der Waals surface area (Å²) in [6.07, 6.45) is 13.4. The molecule has 1 atom stereocenters. The normalized spacial score (nSPS) is 11.6. The molecular weight excluding hydrogens is 259 g/mol. The molecule has 0 aliphatic heterocycles. The van der Waals surface area contributed by atoms with Crippen molar-refractivity contribution >= 4 is 13.9 Å². The van der Waals surface area contributed by atoms with Crippen molar-refractivity contribution in [3.63, 3.8) is 0 Å². The lowest BCUT2D eigenvalue weighted by Gasteiger charge is -2.15. The summed E-state index contributed by atoms with van der Waals surface area (Å²) in [6.45, 7) is 6.89. The summed E-state index contributed by atoms with van der Waals surface area (Å²) in [5, 5.41) is 1.67. The molecule has 114 valence electrons. The third kappa shape index (κ3) is 6.40. The van der Waals surface area contributed by atoms with E-state index >= 15 is 0 Å². The molecule has 0 nitrogen and oxygen atoms in total. The predicted octanol–water partition coefficient (Wildman–Crippen LogP) is 5.87. The van der Waals surface area contributed by atoms with Crippen LogP contribution in [0.25, 0.3) is 0 Å². The molecule has 0 radical (unpaired) electrons. The molecule has 1 aromatic rings. The van der Waals surface area contributed by atoms with Crippen LogP contribution in [0.15, 0.2) is 18.2 Å². The van der Waals surface area contributed by atoms with Crippen LogP contribution in [0.2, 0.25) is 0 Å². The summed E-state index contributed by atoms with van der Waals surface area (Å²) in [5.41, 5.74) is 3.35. The van der Waals surface area contributed by atoms with Crippen molar-refractivity contribution in [2.45, 2.75) is 78.6 Å². The highest BCUT2D eigenvalue weighted by Gasteiger charge is 2.07. The van der Waals surface area contributed by atoms with Gasteiger partial charge in [-0.2, -0.15) is 0 Å². The molecule has 0 amide bonds. The Morgan fingerprint density at radius 1 is 0.800 bits per heavy atom. The van der Waals surface area contributed by atoms with Crippen molar-refractivity contribution in [1.29, 1.82) is 0 Å². The van der Waals surface area contributed by atoms with E-state index in [0.717, 1.165) is 8.58 Å². The summed E-state index contributed by atoms with van der Waals surface area (Å²) in [6, 6.07) is 7.06. The number of aryl methyl sites for hydroxylation is 1. The van der Waals surface area contributed by atoms with Crippen molar-refractivity contribution in [3.8, 4) is 0 Å². The Bertz CT molecular complexity index is 357. The smallest absolute Gasteiger partial charge is 0.0237 e. The molecule has 0 aromatic heterocycles. The monoisotopic (exact) mass is 292 g/mol. The molecule has 0 fully saturated rings. The Balaban J connectivity index is 2.73. The molecule has 0 spiro atoms. The number of rotatable bonds is 11. The third-order valence-electron chi connectivity index (χ3n) is 3.95. The van der Waals surface area contributed by atoms with Gasteiger partial charge in [-0.1, -0.05) is 73.2 Å². The average molecular weight is 292 g/mol. The SMILES string of the molecule is CCCCCPc1cccc(CCCC)c1CCCC. The molecule has 1 aromatic carbocycles. The summed E-state index contributed by atoms with van der Waals surface area (Å²) in [5.74, 6) is 0. The van der Waals surface area contributed by atoms with Crippen LogP contribution in [0, 0.1) is 0 Å². The first-order valence-electron chi connectivity index (χ1n) is 8.68. The predicted molar refractivity (Wildman–Crippen MR) is 96.0 cm³/mol. The van der Waals surface area contributed by atoms with Crippen molar-refractivity contribution in [2.24, 2.45) is 0 Å². The second-order valence-corrected chi connectivity index (χ2v) is 7.18. The first kappa shape index (κ1) is 17.7. The Hall–Kier alpha value is -0.350. The van der Waals surface area contributed by atoms with E-state index in [4.69, 9.17) is 0 Å². The third-order valence-corrected chi connectivity index (χ3v) is 5.40. The molecule has 1 unspecified atom stereocenters. The number of unbranched alkanes of at least 4 members (excludes halogenated alkanes) is 4. The number of hydrogen-bond acceptors (Lipinski definition) is 0. The standard InChI is InChI=1S/C19H33P/c1-4-7-10-16-20-19-15-11-13-17(12-8-5-2)18(19)14-9-6-3/h11,13,15,20H,4-10,12,14,16H2,1-3H3. The van der Waals surface area contributed by atoms with E-state index < -0.39 is 0 Å². The van der Waals surface area contributed by atoms with Crippen LogP contribution >= 0.6 is 8.58 Å². The maximum Gasteiger partial charge on any atom is -0.0237 e. The van der Waals surface area contributed by atoms with Gasteiger partial charge >= 0.3 is 0 Å². The minimum absolute atomic E-state index is 1.03. The van der Waals surface area contributed by atoms with Crippen LogP contribution in [-0.2, 0) is 12.8 Å². The lowest BCUT2D eigenvalue weighted by atomic mass is 9.98. The van der Waals surface area contributed by atoms with Crippen molar-refractivity contribution in [1.82, 2.24) is 0 Å². The van der Waals surface area contributed by atoms with Gasteiger partial charge in [0.15, 0.2) is 0 Å². The van der Waals surface area contributed by atoms with E-state index in [1.807, 2.05) is 0 Å². The maximum absolute atomic E-state index is 2.39. The van der Waals surface area contributed by atoms with Crippen LogP contribution in [0.1, 0.15) is 76.8 Å². The first-order chi connectivity index (χ1) is 9.83. The second-order valence-electron chi connectivity index (χ2n) is 5.78. The highest BCUT2D eigenvalue weighted by molar-refractivity contribution is 7.47. The van der Waals surface area contributed by atoms with E-state index in [0.29, 0.717) is 0 Å². The van der Waals surface area contributed by atoms with E-state index in [-0.39, 0.29) is 0 Å². The van der Waals surface area contributed by atoms with Gasteiger partial charge in [-0.25, -0.2) is 0 Å². The maximum atomic E-state index is 2.39. The summed E-state index contributed by atoms with van der Waals surface area (Å²) in [4.78, 5) is 0. The Morgan fingerprint density at radius 2 is 1.50 bits per heavy atom.